The summed E-state index contributed by atoms with van der Waals surface area (Å²) in [4.78, 5) is 0. The van der Waals surface area contributed by atoms with Crippen LogP contribution in [-0.2, 0) is 8.85 Å². The summed E-state index contributed by atoms with van der Waals surface area (Å²) in [6, 6.07) is 20.6. The second kappa shape index (κ2) is 7.66. The van der Waals surface area contributed by atoms with Gasteiger partial charge in [-0.25, -0.2) is 0 Å². The minimum Gasteiger partial charge on any atom is -0.383 e. The first-order chi connectivity index (χ1) is 11.5. The van der Waals surface area contributed by atoms with Gasteiger partial charge in [0.1, 0.15) is 0 Å². The van der Waals surface area contributed by atoms with Gasteiger partial charge in [-0.15, -0.1) is 12.6 Å². The zero-order valence-electron chi connectivity index (χ0n) is 16.1. The normalized spacial score (nSPS) is 14.4. The molecule has 1 unspecified atom stereocenters. The molecule has 0 saturated heterocycles. The summed E-state index contributed by atoms with van der Waals surface area (Å²) >= 11 is 4.79. The number of hydrogen-bond donors (Lipinski definition) is 1. The lowest BCUT2D eigenvalue weighted by atomic mass is 9.98. The minimum atomic E-state index is -2.93. The van der Waals surface area contributed by atoms with Crippen LogP contribution < -0.4 is 10.4 Å². The van der Waals surface area contributed by atoms with Crippen molar-refractivity contribution in [2.24, 2.45) is 5.41 Å². The van der Waals surface area contributed by atoms with Crippen LogP contribution in [0.1, 0.15) is 41.5 Å². The van der Waals surface area contributed by atoms with Crippen LogP contribution in [0.4, 0.5) is 0 Å². The van der Waals surface area contributed by atoms with E-state index in [9.17, 15) is 0 Å². The Labute approximate surface area is 159 Å². The first kappa shape index (κ1) is 20.2. The quantitative estimate of drug-likeness (QED) is 0.476. The molecule has 0 saturated carbocycles. The molecule has 2 nitrogen and oxygen atoms in total. The molecule has 136 valence electrons. The Morgan fingerprint density at radius 1 is 0.760 bits per heavy atom. The Morgan fingerprint density at radius 2 is 1.16 bits per heavy atom. The fourth-order valence-corrected chi connectivity index (χ4v) is 6.65. The molecule has 2 aromatic carbocycles. The van der Waals surface area contributed by atoms with Gasteiger partial charge in [0.25, 0.3) is 0 Å². The van der Waals surface area contributed by atoms with Crippen LogP contribution in [0.25, 0.3) is 0 Å². The first-order valence-electron chi connectivity index (χ1n) is 8.72. The number of thiol groups is 1. The average Bonchev–Trinajstić information content (AvgIpc) is 2.53. The smallest absolute Gasteiger partial charge is 0.383 e. The number of rotatable bonds is 5. The van der Waals surface area contributed by atoms with Gasteiger partial charge in [0, 0.05) is 0 Å². The van der Waals surface area contributed by atoms with E-state index >= 15 is 0 Å². The van der Waals surface area contributed by atoms with Crippen molar-refractivity contribution in [1.29, 1.82) is 0 Å². The average molecular weight is 375 g/mol. The summed E-state index contributed by atoms with van der Waals surface area (Å²) in [5.74, 6) is 0. The van der Waals surface area contributed by atoms with Crippen molar-refractivity contribution in [2.75, 3.05) is 0 Å². The van der Waals surface area contributed by atoms with E-state index in [4.69, 9.17) is 21.5 Å². The highest BCUT2D eigenvalue weighted by Gasteiger charge is 2.48. The molecule has 0 N–H and O–H groups in total. The molecule has 0 aliphatic carbocycles. The van der Waals surface area contributed by atoms with E-state index in [1.165, 1.54) is 0 Å². The molecule has 2 rings (SSSR count). The first-order valence-corrected chi connectivity index (χ1v) is 11.0. The monoisotopic (exact) mass is 374 g/mol. The summed E-state index contributed by atoms with van der Waals surface area (Å²) in [7, 11) is -2.93. The van der Waals surface area contributed by atoms with Crippen molar-refractivity contribution < 1.29 is 8.85 Å². The highest BCUT2D eigenvalue weighted by atomic mass is 32.1. The molecular weight excluding hydrogens is 344 g/mol. The van der Waals surface area contributed by atoms with Gasteiger partial charge in [-0.05, 0) is 36.6 Å². The van der Waals surface area contributed by atoms with Crippen LogP contribution in [-0.4, -0.2) is 19.6 Å². The van der Waals surface area contributed by atoms with E-state index in [2.05, 4.69) is 65.8 Å². The molecule has 0 aliphatic heterocycles. The molecule has 2 aromatic rings. The second-order valence-corrected chi connectivity index (χ2v) is 11.7. The van der Waals surface area contributed by atoms with Crippen LogP contribution in [0.15, 0.2) is 60.7 Å². The standard InChI is InChI=1S/C21H30O2SSi/c1-20(2,3)19(24)22-25(23-21(4,5)6,17-13-9-7-10-14-17)18-15-11-8-12-16-18/h7-16,19,24H,1-6H3. The Bertz CT molecular complexity index is 620. The lowest BCUT2D eigenvalue weighted by molar-refractivity contribution is 0.0520. The van der Waals surface area contributed by atoms with Gasteiger partial charge in [0.15, 0.2) is 0 Å². The molecule has 1 atom stereocenters. The van der Waals surface area contributed by atoms with Crippen LogP contribution in [0.5, 0.6) is 0 Å². The number of benzene rings is 2. The van der Waals surface area contributed by atoms with Gasteiger partial charge >= 0.3 is 8.56 Å². The molecule has 4 heteroatoms. The maximum atomic E-state index is 6.73. The van der Waals surface area contributed by atoms with Crippen molar-refractivity contribution in [3.63, 3.8) is 0 Å². The minimum absolute atomic E-state index is 0.105. The Hall–Kier alpha value is -1.07. The maximum Gasteiger partial charge on any atom is 0.408 e. The van der Waals surface area contributed by atoms with Crippen molar-refractivity contribution in [1.82, 2.24) is 0 Å². The molecule has 0 heterocycles. The lowest BCUT2D eigenvalue weighted by Gasteiger charge is -2.41. The van der Waals surface area contributed by atoms with E-state index in [1.54, 1.807) is 0 Å². The molecule has 25 heavy (non-hydrogen) atoms. The largest absolute Gasteiger partial charge is 0.408 e. The SMILES string of the molecule is CC(C)(C)O[Si](OC(S)C(C)(C)C)(c1ccccc1)c1ccccc1. The van der Waals surface area contributed by atoms with Crippen LogP contribution in [0, 0.1) is 5.41 Å². The fourth-order valence-electron chi connectivity index (χ4n) is 2.52. The third kappa shape index (κ3) is 5.20. The highest BCUT2D eigenvalue weighted by Crippen LogP contribution is 2.30. The Kier molecular flexibility index (Phi) is 6.20. The van der Waals surface area contributed by atoms with Crippen LogP contribution in [0.3, 0.4) is 0 Å². The topological polar surface area (TPSA) is 18.5 Å². The van der Waals surface area contributed by atoms with Gasteiger partial charge in [-0.3, -0.25) is 0 Å². The predicted molar refractivity (Wildman–Crippen MR) is 112 cm³/mol. The summed E-state index contributed by atoms with van der Waals surface area (Å²) < 4.78 is 13.5. The molecule has 0 bridgehead atoms. The number of hydrogen-bond acceptors (Lipinski definition) is 3. The summed E-state index contributed by atoms with van der Waals surface area (Å²) in [5.41, 5.74) is -0.697. The Balaban J connectivity index is 2.65. The van der Waals surface area contributed by atoms with E-state index in [0.717, 1.165) is 10.4 Å². The maximum absolute atomic E-state index is 6.73. The molecule has 0 fully saturated rings. The zero-order valence-corrected chi connectivity index (χ0v) is 18.0. The van der Waals surface area contributed by atoms with Crippen molar-refractivity contribution in [2.45, 2.75) is 52.6 Å². The van der Waals surface area contributed by atoms with E-state index in [1.807, 2.05) is 36.4 Å². The van der Waals surface area contributed by atoms with E-state index < -0.39 is 8.56 Å². The third-order valence-corrected chi connectivity index (χ3v) is 8.51. The molecule has 0 radical (unpaired) electrons. The molecular formula is C21H30O2SSi. The van der Waals surface area contributed by atoms with E-state index in [-0.39, 0.29) is 16.5 Å². The van der Waals surface area contributed by atoms with Crippen LogP contribution in [0.2, 0.25) is 0 Å². The third-order valence-electron chi connectivity index (χ3n) is 3.78. The molecule has 0 aromatic heterocycles. The summed E-state index contributed by atoms with van der Waals surface area (Å²) in [6.07, 6.45) is 0. The van der Waals surface area contributed by atoms with Crippen molar-refractivity contribution in [3.8, 4) is 0 Å². The predicted octanol–water partition coefficient (Wildman–Crippen LogP) is 4.38. The van der Waals surface area contributed by atoms with Crippen LogP contribution >= 0.6 is 12.6 Å². The van der Waals surface area contributed by atoms with Crippen molar-refractivity contribution >= 4 is 31.6 Å². The molecule has 0 aliphatic rings. The van der Waals surface area contributed by atoms with Crippen molar-refractivity contribution in [3.05, 3.63) is 60.7 Å². The second-order valence-electron chi connectivity index (χ2n) is 8.40. The zero-order chi connectivity index (χ0) is 18.7. The fraction of sp³-hybridized carbons (Fsp3) is 0.429. The molecule has 0 amide bonds. The van der Waals surface area contributed by atoms with Gasteiger partial charge in [0.2, 0.25) is 0 Å². The summed E-state index contributed by atoms with van der Waals surface area (Å²) in [5, 5.41) is 2.19. The van der Waals surface area contributed by atoms with Gasteiger partial charge in [-0.1, -0.05) is 81.4 Å². The summed E-state index contributed by atoms with van der Waals surface area (Å²) in [6.45, 7) is 12.6. The van der Waals surface area contributed by atoms with Gasteiger partial charge in [-0.2, -0.15) is 0 Å². The van der Waals surface area contributed by atoms with Gasteiger partial charge in [0.05, 0.1) is 11.0 Å². The Morgan fingerprint density at radius 3 is 1.48 bits per heavy atom. The van der Waals surface area contributed by atoms with E-state index in [0.29, 0.717) is 0 Å². The lowest BCUT2D eigenvalue weighted by Crippen LogP contribution is -2.67. The van der Waals surface area contributed by atoms with Gasteiger partial charge < -0.3 is 8.85 Å². The molecule has 0 spiro atoms. The highest BCUT2D eigenvalue weighted by molar-refractivity contribution is 7.80.